The number of hydrogen-bond donors (Lipinski definition) is 1. The molecule has 0 fully saturated rings. The average Bonchev–Trinajstić information content (AvgIpc) is 2.53. The van der Waals surface area contributed by atoms with Gasteiger partial charge in [0.2, 0.25) is 0 Å². The van der Waals surface area contributed by atoms with Crippen molar-refractivity contribution in [2.75, 3.05) is 0 Å². The van der Waals surface area contributed by atoms with E-state index in [-0.39, 0.29) is 0 Å². The molecule has 1 N–H and O–H groups in total. The summed E-state index contributed by atoms with van der Waals surface area (Å²) in [6.45, 7) is 3.77. The van der Waals surface area contributed by atoms with Crippen LogP contribution < -0.4 is 0 Å². The van der Waals surface area contributed by atoms with Crippen LogP contribution in [0.25, 0.3) is 0 Å². The molecule has 0 aliphatic rings. The quantitative estimate of drug-likeness (QED) is 0.512. The summed E-state index contributed by atoms with van der Waals surface area (Å²) in [5.41, 5.74) is 1.72. The van der Waals surface area contributed by atoms with E-state index < -0.39 is 5.60 Å². The Morgan fingerprint density at radius 1 is 0.818 bits per heavy atom. The molecule has 0 radical (unpaired) electrons. The Bertz CT molecular complexity index is 503. The molecule has 0 saturated heterocycles. The van der Waals surface area contributed by atoms with E-state index >= 15 is 0 Å². The van der Waals surface area contributed by atoms with Crippen LogP contribution in [0, 0.1) is 0 Å². The third kappa shape index (κ3) is 5.50. The predicted molar refractivity (Wildman–Crippen MR) is 93.9 cm³/mol. The largest absolute Gasteiger partial charge is 0.389 e. The number of unbranched alkanes of at least 4 members (excludes halogenated alkanes) is 2. The van der Waals surface area contributed by atoms with Gasteiger partial charge in [0, 0.05) is 12.8 Å². The van der Waals surface area contributed by atoms with Crippen molar-refractivity contribution in [2.24, 2.45) is 0 Å². The van der Waals surface area contributed by atoms with Gasteiger partial charge in [-0.2, -0.15) is 0 Å². The second-order valence-corrected chi connectivity index (χ2v) is 6.08. The molecule has 2 aromatic carbocycles. The highest BCUT2D eigenvalue weighted by atomic mass is 16.3. The zero-order chi connectivity index (χ0) is 15.7. The van der Waals surface area contributed by atoms with Gasteiger partial charge in [-0.3, -0.25) is 0 Å². The van der Waals surface area contributed by atoms with Gasteiger partial charge in [0.1, 0.15) is 0 Å². The molecule has 0 aliphatic carbocycles. The first-order chi connectivity index (χ1) is 10.7. The van der Waals surface area contributed by atoms with E-state index in [1.165, 1.54) is 11.1 Å². The second-order valence-electron chi connectivity index (χ2n) is 6.08. The maximum Gasteiger partial charge on any atom is 0.0728 e. The maximum atomic E-state index is 11.2. The minimum Gasteiger partial charge on any atom is -0.389 e. The van der Waals surface area contributed by atoms with Crippen LogP contribution in [-0.4, -0.2) is 10.7 Å². The van der Waals surface area contributed by atoms with Crippen molar-refractivity contribution in [1.82, 2.24) is 0 Å². The van der Waals surface area contributed by atoms with E-state index in [9.17, 15) is 5.11 Å². The summed E-state index contributed by atoms with van der Waals surface area (Å²) < 4.78 is 0. The fourth-order valence-electron chi connectivity index (χ4n) is 2.93. The Balaban J connectivity index is 2.06. The lowest BCUT2D eigenvalue weighted by Crippen LogP contribution is -2.34. The van der Waals surface area contributed by atoms with Gasteiger partial charge in [-0.05, 0) is 30.4 Å². The molecule has 2 aromatic rings. The normalized spacial score (nSPS) is 11.3. The average molecular weight is 294 g/mol. The minimum atomic E-state index is -0.677. The Morgan fingerprint density at radius 2 is 1.32 bits per heavy atom. The van der Waals surface area contributed by atoms with Crippen molar-refractivity contribution < 1.29 is 5.11 Å². The molecule has 0 unspecified atom stereocenters. The molecule has 1 nitrogen and oxygen atoms in total. The predicted octanol–water partition coefficient (Wildman–Crippen LogP) is 4.95. The van der Waals surface area contributed by atoms with E-state index in [1.807, 2.05) is 42.5 Å². The summed E-state index contributed by atoms with van der Waals surface area (Å²) in [4.78, 5) is 0. The minimum absolute atomic E-state index is 0.677. The Morgan fingerprint density at radius 3 is 1.77 bits per heavy atom. The smallest absolute Gasteiger partial charge is 0.0728 e. The Labute approximate surface area is 134 Å². The number of rotatable bonds is 9. The summed E-state index contributed by atoms with van der Waals surface area (Å²) in [6, 6.07) is 20.6. The van der Waals surface area contributed by atoms with Crippen LogP contribution in [0.4, 0.5) is 0 Å². The van der Waals surface area contributed by atoms with Crippen molar-refractivity contribution in [1.29, 1.82) is 0 Å². The van der Waals surface area contributed by atoms with Gasteiger partial charge >= 0.3 is 0 Å². The second kappa shape index (κ2) is 8.55. The monoisotopic (exact) mass is 294 g/mol. The number of benzene rings is 2. The first-order valence-corrected chi connectivity index (χ1v) is 8.13. The molecule has 1 heteroatoms. The molecule has 0 saturated carbocycles. The SMILES string of the molecule is C=CCCCCC(O)(Cc1ccccc1)Cc1ccccc1. The first-order valence-electron chi connectivity index (χ1n) is 8.13. The lowest BCUT2D eigenvalue weighted by Gasteiger charge is -2.29. The van der Waals surface area contributed by atoms with E-state index in [1.54, 1.807) is 0 Å². The zero-order valence-electron chi connectivity index (χ0n) is 13.2. The van der Waals surface area contributed by atoms with Gasteiger partial charge in [0.05, 0.1) is 5.60 Å². The molecule has 22 heavy (non-hydrogen) atoms. The molecule has 0 atom stereocenters. The highest BCUT2D eigenvalue weighted by molar-refractivity contribution is 5.21. The first kappa shape index (κ1) is 16.5. The fourth-order valence-corrected chi connectivity index (χ4v) is 2.93. The van der Waals surface area contributed by atoms with Crippen LogP contribution in [0.2, 0.25) is 0 Å². The van der Waals surface area contributed by atoms with Crippen molar-refractivity contribution in [3.8, 4) is 0 Å². The van der Waals surface area contributed by atoms with Crippen LogP contribution in [0.1, 0.15) is 36.8 Å². The van der Waals surface area contributed by atoms with Crippen LogP contribution in [0.5, 0.6) is 0 Å². The molecular weight excluding hydrogens is 268 g/mol. The third-order valence-electron chi connectivity index (χ3n) is 4.05. The molecule has 0 aliphatic heterocycles. The van der Waals surface area contributed by atoms with Gasteiger partial charge < -0.3 is 5.11 Å². The summed E-state index contributed by atoms with van der Waals surface area (Å²) in [5.74, 6) is 0. The number of allylic oxidation sites excluding steroid dienone is 1. The number of hydrogen-bond acceptors (Lipinski definition) is 1. The van der Waals surface area contributed by atoms with Gasteiger partial charge in [-0.1, -0.05) is 73.2 Å². The van der Waals surface area contributed by atoms with Crippen LogP contribution in [0.3, 0.4) is 0 Å². The number of aliphatic hydroxyl groups is 1. The van der Waals surface area contributed by atoms with Crippen LogP contribution in [-0.2, 0) is 12.8 Å². The Kier molecular flexibility index (Phi) is 6.42. The van der Waals surface area contributed by atoms with Gasteiger partial charge in [-0.15, -0.1) is 6.58 Å². The molecule has 116 valence electrons. The maximum absolute atomic E-state index is 11.2. The standard InChI is InChI=1S/C21H26O/c1-2-3-4-11-16-21(22,17-19-12-7-5-8-13-19)18-20-14-9-6-10-15-20/h2,5-10,12-15,22H,1,3-4,11,16-18H2. The van der Waals surface area contributed by atoms with Gasteiger partial charge in [0.25, 0.3) is 0 Å². The Hall–Kier alpha value is -1.86. The van der Waals surface area contributed by atoms with Crippen LogP contribution in [0.15, 0.2) is 73.3 Å². The molecule has 0 amide bonds. The zero-order valence-corrected chi connectivity index (χ0v) is 13.2. The fraction of sp³-hybridized carbons (Fsp3) is 0.333. The van der Waals surface area contributed by atoms with Gasteiger partial charge in [-0.25, -0.2) is 0 Å². The highest BCUT2D eigenvalue weighted by Gasteiger charge is 2.27. The topological polar surface area (TPSA) is 20.2 Å². The van der Waals surface area contributed by atoms with E-state index in [0.717, 1.165) is 25.7 Å². The summed E-state index contributed by atoms with van der Waals surface area (Å²) in [5, 5.41) is 11.2. The van der Waals surface area contributed by atoms with Crippen LogP contribution >= 0.6 is 0 Å². The molecule has 0 heterocycles. The molecule has 0 spiro atoms. The van der Waals surface area contributed by atoms with E-state index in [4.69, 9.17) is 0 Å². The van der Waals surface area contributed by atoms with E-state index in [2.05, 4.69) is 30.8 Å². The summed E-state index contributed by atoms with van der Waals surface area (Å²) >= 11 is 0. The highest BCUT2D eigenvalue weighted by Crippen LogP contribution is 2.25. The summed E-state index contributed by atoms with van der Waals surface area (Å²) in [7, 11) is 0. The van der Waals surface area contributed by atoms with Crippen molar-refractivity contribution >= 4 is 0 Å². The van der Waals surface area contributed by atoms with E-state index in [0.29, 0.717) is 12.8 Å². The lowest BCUT2D eigenvalue weighted by atomic mass is 9.84. The third-order valence-corrected chi connectivity index (χ3v) is 4.05. The summed E-state index contributed by atoms with van der Waals surface area (Å²) in [6.07, 6.45) is 7.33. The van der Waals surface area contributed by atoms with Crippen molar-refractivity contribution in [3.05, 3.63) is 84.4 Å². The molecule has 2 rings (SSSR count). The molecule has 0 bridgehead atoms. The van der Waals surface area contributed by atoms with Gasteiger partial charge in [0.15, 0.2) is 0 Å². The van der Waals surface area contributed by atoms with Crippen molar-refractivity contribution in [3.63, 3.8) is 0 Å². The molecular formula is C21H26O. The van der Waals surface area contributed by atoms with Crippen molar-refractivity contribution in [2.45, 2.75) is 44.1 Å². The molecule has 0 aromatic heterocycles. The lowest BCUT2D eigenvalue weighted by molar-refractivity contribution is 0.0295.